The molecule has 1 fully saturated rings. The number of ether oxygens (including phenoxy) is 2. The van der Waals surface area contributed by atoms with Crippen molar-refractivity contribution in [2.75, 3.05) is 45.9 Å². The standard InChI is InChI=1S/C15H32N4O2/c1-4-20-10-6-8-18-15(16)17-7-5-9-19-11-13(2)21-14(3)12-19/h13-14H,4-12H2,1-3H3,(H3,16,17,18). The van der Waals surface area contributed by atoms with Crippen molar-refractivity contribution in [1.29, 1.82) is 0 Å². The van der Waals surface area contributed by atoms with Crippen molar-refractivity contribution < 1.29 is 9.47 Å². The van der Waals surface area contributed by atoms with Crippen LogP contribution >= 0.6 is 0 Å². The maximum Gasteiger partial charge on any atom is 0.188 e. The second kappa shape index (κ2) is 10.8. The van der Waals surface area contributed by atoms with Gasteiger partial charge in [0.05, 0.1) is 12.2 Å². The average Bonchev–Trinajstić information content (AvgIpc) is 2.42. The first-order chi connectivity index (χ1) is 10.1. The summed E-state index contributed by atoms with van der Waals surface area (Å²) in [5, 5.41) is 3.16. The molecular weight excluding hydrogens is 268 g/mol. The maximum absolute atomic E-state index is 5.82. The predicted molar refractivity (Wildman–Crippen MR) is 86.7 cm³/mol. The highest BCUT2D eigenvalue weighted by molar-refractivity contribution is 5.77. The van der Waals surface area contributed by atoms with Gasteiger partial charge in [0.25, 0.3) is 0 Å². The van der Waals surface area contributed by atoms with Crippen LogP contribution in [0.5, 0.6) is 0 Å². The van der Waals surface area contributed by atoms with E-state index < -0.39 is 0 Å². The molecule has 6 nitrogen and oxygen atoms in total. The molecule has 0 saturated carbocycles. The second-order valence-electron chi connectivity index (χ2n) is 5.61. The van der Waals surface area contributed by atoms with Gasteiger partial charge in [0.15, 0.2) is 5.96 Å². The first kappa shape index (κ1) is 18.2. The highest BCUT2D eigenvalue weighted by Gasteiger charge is 2.21. The Morgan fingerprint density at radius 1 is 1.33 bits per heavy atom. The Kier molecular flexibility index (Phi) is 9.37. The fraction of sp³-hybridized carbons (Fsp3) is 0.933. The second-order valence-corrected chi connectivity index (χ2v) is 5.61. The van der Waals surface area contributed by atoms with Gasteiger partial charge >= 0.3 is 0 Å². The van der Waals surface area contributed by atoms with Crippen molar-refractivity contribution >= 4 is 5.96 Å². The maximum atomic E-state index is 5.82. The van der Waals surface area contributed by atoms with Crippen LogP contribution in [0.15, 0.2) is 4.99 Å². The Labute approximate surface area is 129 Å². The number of hydrogen-bond acceptors (Lipinski definition) is 4. The molecule has 0 radical (unpaired) electrons. The van der Waals surface area contributed by atoms with Gasteiger partial charge in [-0.1, -0.05) is 0 Å². The molecule has 0 aromatic heterocycles. The van der Waals surface area contributed by atoms with Crippen LogP contribution in [0.4, 0.5) is 0 Å². The zero-order valence-electron chi connectivity index (χ0n) is 13.8. The lowest BCUT2D eigenvalue weighted by Gasteiger charge is -2.35. The van der Waals surface area contributed by atoms with Crippen molar-refractivity contribution in [1.82, 2.24) is 10.2 Å². The van der Waals surface area contributed by atoms with Gasteiger partial charge in [0, 0.05) is 45.9 Å². The van der Waals surface area contributed by atoms with E-state index in [9.17, 15) is 0 Å². The minimum atomic E-state index is 0.332. The van der Waals surface area contributed by atoms with E-state index in [1.54, 1.807) is 0 Å². The van der Waals surface area contributed by atoms with Gasteiger partial charge in [0.1, 0.15) is 0 Å². The van der Waals surface area contributed by atoms with Crippen molar-refractivity contribution in [3.8, 4) is 0 Å². The van der Waals surface area contributed by atoms with Gasteiger partial charge < -0.3 is 20.5 Å². The summed E-state index contributed by atoms with van der Waals surface area (Å²) in [5.41, 5.74) is 5.82. The van der Waals surface area contributed by atoms with E-state index in [-0.39, 0.29) is 0 Å². The Morgan fingerprint density at radius 3 is 2.71 bits per heavy atom. The van der Waals surface area contributed by atoms with Crippen molar-refractivity contribution in [2.45, 2.75) is 45.8 Å². The average molecular weight is 300 g/mol. The van der Waals surface area contributed by atoms with E-state index in [2.05, 4.69) is 29.1 Å². The number of guanidine groups is 1. The third-order valence-electron chi connectivity index (χ3n) is 3.39. The molecule has 21 heavy (non-hydrogen) atoms. The number of aliphatic imine (C=N–C) groups is 1. The highest BCUT2D eigenvalue weighted by Crippen LogP contribution is 2.10. The molecule has 6 heteroatoms. The lowest BCUT2D eigenvalue weighted by atomic mass is 10.2. The van der Waals surface area contributed by atoms with E-state index in [0.29, 0.717) is 18.2 Å². The molecule has 2 unspecified atom stereocenters. The minimum absolute atomic E-state index is 0.332. The lowest BCUT2D eigenvalue weighted by molar-refractivity contribution is -0.0679. The smallest absolute Gasteiger partial charge is 0.188 e. The Morgan fingerprint density at radius 2 is 2.05 bits per heavy atom. The molecule has 1 rings (SSSR count). The van der Waals surface area contributed by atoms with Crippen molar-refractivity contribution in [2.24, 2.45) is 10.7 Å². The topological polar surface area (TPSA) is 72.1 Å². The molecule has 0 amide bonds. The van der Waals surface area contributed by atoms with Gasteiger partial charge in [0.2, 0.25) is 0 Å². The van der Waals surface area contributed by atoms with Crippen LogP contribution in [0.3, 0.4) is 0 Å². The number of hydrogen-bond donors (Lipinski definition) is 2. The van der Waals surface area contributed by atoms with Crippen LogP contribution in [0, 0.1) is 0 Å². The van der Waals surface area contributed by atoms with Crippen LogP contribution in [0.2, 0.25) is 0 Å². The van der Waals surface area contributed by atoms with Gasteiger partial charge in [-0.3, -0.25) is 9.89 Å². The highest BCUT2D eigenvalue weighted by atomic mass is 16.5. The van der Waals surface area contributed by atoms with Crippen LogP contribution in [-0.2, 0) is 9.47 Å². The third-order valence-corrected chi connectivity index (χ3v) is 3.39. The van der Waals surface area contributed by atoms with E-state index >= 15 is 0 Å². The fourth-order valence-electron chi connectivity index (χ4n) is 2.55. The zero-order chi connectivity index (χ0) is 15.5. The zero-order valence-corrected chi connectivity index (χ0v) is 13.8. The normalized spacial score (nSPS) is 24.2. The van der Waals surface area contributed by atoms with Gasteiger partial charge in [-0.05, 0) is 33.6 Å². The Bertz CT molecular complexity index is 289. The van der Waals surface area contributed by atoms with Crippen LogP contribution < -0.4 is 11.1 Å². The third kappa shape index (κ3) is 8.90. The summed E-state index contributed by atoms with van der Waals surface area (Å²) in [6.07, 6.45) is 2.64. The number of nitrogens with two attached hydrogens (primary N) is 1. The molecule has 2 atom stereocenters. The summed E-state index contributed by atoms with van der Waals surface area (Å²) in [5.74, 6) is 0.537. The van der Waals surface area contributed by atoms with E-state index in [1.165, 1.54) is 0 Å². The molecule has 1 aliphatic heterocycles. The van der Waals surface area contributed by atoms with Crippen molar-refractivity contribution in [3.63, 3.8) is 0 Å². The van der Waals surface area contributed by atoms with E-state index in [4.69, 9.17) is 15.2 Å². The van der Waals surface area contributed by atoms with E-state index in [1.807, 2.05) is 6.92 Å². The predicted octanol–water partition coefficient (Wildman–Crippen LogP) is 0.817. The van der Waals surface area contributed by atoms with Crippen LogP contribution in [0.1, 0.15) is 33.6 Å². The van der Waals surface area contributed by atoms with Crippen LogP contribution in [0.25, 0.3) is 0 Å². The Hall–Kier alpha value is -0.850. The first-order valence-corrected chi connectivity index (χ1v) is 8.11. The van der Waals surface area contributed by atoms with Gasteiger partial charge in [-0.2, -0.15) is 0 Å². The molecule has 0 spiro atoms. The van der Waals surface area contributed by atoms with Crippen LogP contribution in [-0.4, -0.2) is 69.0 Å². The summed E-state index contributed by atoms with van der Waals surface area (Å²) in [4.78, 5) is 6.73. The lowest BCUT2D eigenvalue weighted by Crippen LogP contribution is -2.46. The number of nitrogens with one attached hydrogen (secondary N) is 1. The molecule has 0 aliphatic carbocycles. The summed E-state index contributed by atoms with van der Waals surface area (Å²) in [6, 6.07) is 0. The SMILES string of the molecule is CCOCCCN=C(N)NCCCN1CC(C)OC(C)C1. The summed E-state index contributed by atoms with van der Waals surface area (Å²) < 4.78 is 11.0. The van der Waals surface area contributed by atoms with Crippen molar-refractivity contribution in [3.05, 3.63) is 0 Å². The first-order valence-electron chi connectivity index (χ1n) is 8.11. The summed E-state index contributed by atoms with van der Waals surface area (Å²) >= 11 is 0. The number of morpholine rings is 1. The summed E-state index contributed by atoms with van der Waals surface area (Å²) in [7, 11) is 0. The largest absolute Gasteiger partial charge is 0.382 e. The summed E-state index contributed by atoms with van der Waals surface area (Å²) in [6.45, 7) is 12.5. The molecular formula is C15H32N4O2. The number of nitrogens with zero attached hydrogens (tertiary/aromatic N) is 2. The minimum Gasteiger partial charge on any atom is -0.382 e. The van der Waals surface area contributed by atoms with Gasteiger partial charge in [-0.25, -0.2) is 0 Å². The molecule has 1 heterocycles. The molecule has 1 aliphatic rings. The quantitative estimate of drug-likeness (QED) is 0.375. The molecule has 0 aromatic rings. The molecule has 0 aromatic carbocycles. The Balaban J connectivity index is 2.03. The fourth-order valence-corrected chi connectivity index (χ4v) is 2.55. The van der Waals surface area contributed by atoms with Gasteiger partial charge in [-0.15, -0.1) is 0 Å². The molecule has 3 N–H and O–H groups in total. The monoisotopic (exact) mass is 300 g/mol. The molecule has 1 saturated heterocycles. The van der Waals surface area contributed by atoms with E-state index in [0.717, 1.165) is 58.8 Å². The molecule has 0 bridgehead atoms. The number of rotatable bonds is 9. The molecule has 124 valence electrons.